The van der Waals surface area contributed by atoms with E-state index in [0.29, 0.717) is 17.7 Å². The van der Waals surface area contributed by atoms with Gasteiger partial charge in [0.05, 0.1) is 31.0 Å². The Bertz CT molecular complexity index is 1160. The van der Waals surface area contributed by atoms with E-state index < -0.39 is 0 Å². The minimum absolute atomic E-state index is 0.117. The zero-order valence-electron chi connectivity index (χ0n) is 21.2. The van der Waals surface area contributed by atoms with Crippen molar-refractivity contribution in [1.29, 1.82) is 0 Å². The summed E-state index contributed by atoms with van der Waals surface area (Å²) in [7, 11) is 0. The van der Waals surface area contributed by atoms with Gasteiger partial charge in [0, 0.05) is 52.4 Å². The molecule has 1 aromatic heterocycles. The van der Waals surface area contributed by atoms with Gasteiger partial charge in [-0.3, -0.25) is 4.90 Å². The molecule has 2 N–H and O–H groups in total. The van der Waals surface area contributed by atoms with E-state index in [1.165, 1.54) is 5.56 Å². The molecule has 0 saturated carbocycles. The van der Waals surface area contributed by atoms with Gasteiger partial charge >= 0.3 is 0 Å². The maximum atomic E-state index is 14.3. The SMILES string of the molecule is Cc1cc(NCCN2CCOCC2)c2nc(N3CCNCC3)n(Cc3cc(C)c(F)c(C)c3)c2c1. The van der Waals surface area contributed by atoms with E-state index in [2.05, 4.69) is 44.1 Å². The largest absolute Gasteiger partial charge is 0.382 e. The molecule has 35 heavy (non-hydrogen) atoms. The molecule has 188 valence electrons. The third kappa shape index (κ3) is 5.29. The van der Waals surface area contributed by atoms with E-state index in [4.69, 9.17) is 9.72 Å². The second-order valence-electron chi connectivity index (χ2n) is 9.84. The zero-order chi connectivity index (χ0) is 24.4. The minimum Gasteiger partial charge on any atom is -0.382 e. The van der Waals surface area contributed by atoms with Crippen molar-refractivity contribution in [3.05, 3.63) is 52.3 Å². The molecule has 8 heteroatoms. The molecule has 3 heterocycles. The van der Waals surface area contributed by atoms with Crippen molar-refractivity contribution in [1.82, 2.24) is 19.8 Å². The smallest absolute Gasteiger partial charge is 0.207 e. The van der Waals surface area contributed by atoms with Crippen molar-refractivity contribution in [3.8, 4) is 0 Å². The molecule has 2 fully saturated rings. The first-order valence-corrected chi connectivity index (χ1v) is 12.8. The third-order valence-corrected chi connectivity index (χ3v) is 7.06. The summed E-state index contributed by atoms with van der Waals surface area (Å²) in [5.74, 6) is 0.872. The van der Waals surface area contributed by atoms with Crippen molar-refractivity contribution in [2.45, 2.75) is 27.3 Å². The lowest BCUT2D eigenvalue weighted by Crippen LogP contribution is -2.44. The van der Waals surface area contributed by atoms with Gasteiger partial charge < -0.3 is 24.8 Å². The Balaban J connectivity index is 1.49. The molecule has 2 aliphatic rings. The summed E-state index contributed by atoms with van der Waals surface area (Å²) in [6.45, 7) is 15.7. The lowest BCUT2D eigenvalue weighted by atomic mass is 10.1. The van der Waals surface area contributed by atoms with E-state index in [0.717, 1.165) is 93.8 Å². The number of fused-ring (bicyclic) bond motifs is 1. The molecule has 0 amide bonds. The van der Waals surface area contributed by atoms with Crippen LogP contribution in [-0.2, 0) is 11.3 Å². The molecular formula is C27H37FN6O. The fourth-order valence-electron chi connectivity index (χ4n) is 5.23. The molecule has 0 spiro atoms. The van der Waals surface area contributed by atoms with Crippen LogP contribution in [0, 0.1) is 26.6 Å². The highest BCUT2D eigenvalue weighted by Crippen LogP contribution is 2.31. The Kier molecular flexibility index (Phi) is 7.22. The van der Waals surface area contributed by atoms with Crippen LogP contribution in [0.5, 0.6) is 0 Å². The maximum Gasteiger partial charge on any atom is 0.207 e. The fourth-order valence-corrected chi connectivity index (χ4v) is 5.23. The van der Waals surface area contributed by atoms with Crippen LogP contribution in [0.2, 0.25) is 0 Å². The van der Waals surface area contributed by atoms with Crippen molar-refractivity contribution in [2.24, 2.45) is 0 Å². The number of halogens is 1. The summed E-state index contributed by atoms with van der Waals surface area (Å²) >= 11 is 0. The highest BCUT2D eigenvalue weighted by molar-refractivity contribution is 5.91. The first-order chi connectivity index (χ1) is 17.0. The number of nitrogens with zero attached hydrogens (tertiary/aromatic N) is 4. The Morgan fingerprint density at radius 2 is 1.71 bits per heavy atom. The zero-order valence-corrected chi connectivity index (χ0v) is 21.2. The number of imidazole rings is 1. The number of piperazine rings is 1. The molecule has 0 bridgehead atoms. The summed E-state index contributed by atoms with van der Waals surface area (Å²) < 4.78 is 22.1. The monoisotopic (exact) mass is 480 g/mol. The van der Waals surface area contributed by atoms with Crippen LogP contribution < -0.4 is 15.5 Å². The van der Waals surface area contributed by atoms with Gasteiger partial charge in [-0.05, 0) is 55.2 Å². The van der Waals surface area contributed by atoms with Crippen LogP contribution in [0.1, 0.15) is 22.3 Å². The average molecular weight is 481 g/mol. The van der Waals surface area contributed by atoms with E-state index in [9.17, 15) is 4.39 Å². The van der Waals surface area contributed by atoms with Crippen molar-refractivity contribution < 1.29 is 9.13 Å². The van der Waals surface area contributed by atoms with Crippen LogP contribution in [0.4, 0.5) is 16.0 Å². The molecule has 2 saturated heterocycles. The summed E-state index contributed by atoms with van der Waals surface area (Å²) in [6, 6.07) is 8.36. The van der Waals surface area contributed by atoms with E-state index in [1.807, 2.05) is 26.0 Å². The molecule has 0 atom stereocenters. The number of aryl methyl sites for hydroxylation is 3. The first kappa shape index (κ1) is 24.0. The van der Waals surface area contributed by atoms with Crippen LogP contribution in [0.3, 0.4) is 0 Å². The topological polar surface area (TPSA) is 57.6 Å². The summed E-state index contributed by atoms with van der Waals surface area (Å²) in [5.41, 5.74) is 6.87. The first-order valence-electron chi connectivity index (χ1n) is 12.8. The minimum atomic E-state index is -0.117. The highest BCUT2D eigenvalue weighted by Gasteiger charge is 2.22. The van der Waals surface area contributed by atoms with E-state index in [-0.39, 0.29) is 5.82 Å². The van der Waals surface area contributed by atoms with Gasteiger partial charge in [0.2, 0.25) is 5.95 Å². The van der Waals surface area contributed by atoms with Gasteiger partial charge in [-0.25, -0.2) is 9.37 Å². The number of anilines is 2. The van der Waals surface area contributed by atoms with Crippen LogP contribution in [0.15, 0.2) is 24.3 Å². The molecule has 0 unspecified atom stereocenters. The Morgan fingerprint density at radius 1 is 1.00 bits per heavy atom. The third-order valence-electron chi connectivity index (χ3n) is 7.06. The van der Waals surface area contributed by atoms with Gasteiger partial charge in [-0.1, -0.05) is 12.1 Å². The predicted molar refractivity (Wildman–Crippen MR) is 140 cm³/mol. The number of rotatable bonds is 7. The number of aromatic nitrogens is 2. The normalized spacial score (nSPS) is 17.3. The molecule has 0 aliphatic carbocycles. The second kappa shape index (κ2) is 10.5. The molecule has 3 aromatic rings. The molecule has 2 aliphatic heterocycles. The van der Waals surface area contributed by atoms with Crippen molar-refractivity contribution >= 4 is 22.7 Å². The number of nitrogens with one attached hydrogen (secondary N) is 2. The average Bonchev–Trinajstić information content (AvgIpc) is 3.22. The Hall–Kier alpha value is -2.68. The van der Waals surface area contributed by atoms with Crippen molar-refractivity contribution in [3.63, 3.8) is 0 Å². The molecular weight excluding hydrogens is 443 g/mol. The highest BCUT2D eigenvalue weighted by atomic mass is 19.1. The maximum absolute atomic E-state index is 14.3. The number of benzene rings is 2. The fraction of sp³-hybridized carbons (Fsp3) is 0.519. The Morgan fingerprint density at radius 3 is 2.43 bits per heavy atom. The summed E-state index contributed by atoms with van der Waals surface area (Å²) in [5, 5.41) is 7.11. The molecule has 2 aromatic carbocycles. The molecule has 5 rings (SSSR count). The number of hydrogen-bond donors (Lipinski definition) is 2. The van der Waals surface area contributed by atoms with Gasteiger partial charge in [0.1, 0.15) is 11.3 Å². The lowest BCUT2D eigenvalue weighted by Gasteiger charge is -2.29. The summed E-state index contributed by atoms with van der Waals surface area (Å²) in [6.07, 6.45) is 0. The van der Waals surface area contributed by atoms with E-state index in [1.54, 1.807) is 0 Å². The molecule has 7 nitrogen and oxygen atoms in total. The lowest BCUT2D eigenvalue weighted by molar-refractivity contribution is 0.0398. The second-order valence-corrected chi connectivity index (χ2v) is 9.84. The van der Waals surface area contributed by atoms with Crippen LogP contribution in [0.25, 0.3) is 11.0 Å². The van der Waals surface area contributed by atoms with Crippen LogP contribution >= 0.6 is 0 Å². The van der Waals surface area contributed by atoms with Crippen LogP contribution in [-0.4, -0.2) is 80.0 Å². The number of ether oxygens (including phenoxy) is 1. The van der Waals surface area contributed by atoms with Gasteiger partial charge in [-0.2, -0.15) is 0 Å². The Labute approximate surface area is 207 Å². The summed E-state index contributed by atoms with van der Waals surface area (Å²) in [4.78, 5) is 10.00. The van der Waals surface area contributed by atoms with Crippen molar-refractivity contribution in [2.75, 3.05) is 75.8 Å². The van der Waals surface area contributed by atoms with E-state index >= 15 is 0 Å². The van der Waals surface area contributed by atoms with Gasteiger partial charge in [0.15, 0.2) is 0 Å². The van der Waals surface area contributed by atoms with Gasteiger partial charge in [0.25, 0.3) is 0 Å². The standard InChI is InChI=1S/C27H37FN6O/c1-19-14-23(30-6-7-32-10-12-35-13-11-32)26-24(15-19)34(27(31-26)33-8-4-29-5-9-33)18-22-16-20(2)25(28)21(3)17-22/h14-17,29-30H,4-13,18H2,1-3H3. The molecule has 0 radical (unpaired) electrons. The number of morpholine rings is 1. The predicted octanol–water partition coefficient (Wildman–Crippen LogP) is 3.30. The number of hydrogen-bond acceptors (Lipinski definition) is 6. The van der Waals surface area contributed by atoms with Gasteiger partial charge in [-0.15, -0.1) is 0 Å². The quantitative estimate of drug-likeness (QED) is 0.541.